The van der Waals surface area contributed by atoms with Gasteiger partial charge in [-0.05, 0) is 37.0 Å². The first-order chi connectivity index (χ1) is 10.1. The highest BCUT2D eigenvalue weighted by Gasteiger charge is 2.35. The first-order valence-electron chi connectivity index (χ1n) is 6.52. The monoisotopic (exact) mass is 333 g/mol. The quantitative estimate of drug-likeness (QED) is 0.855. The average Bonchev–Trinajstić information content (AvgIpc) is 3.27. The fourth-order valence-electron chi connectivity index (χ4n) is 2.00. The molecule has 1 aromatic rings. The summed E-state index contributed by atoms with van der Waals surface area (Å²) in [5, 5.41) is 8.69. The number of nitrogens with two attached hydrogens (primary N) is 1. The third-order valence-corrected chi connectivity index (χ3v) is 4.88. The van der Waals surface area contributed by atoms with Crippen molar-refractivity contribution in [3.63, 3.8) is 0 Å². The lowest BCUT2D eigenvalue weighted by molar-refractivity contribution is -0.137. The van der Waals surface area contributed by atoms with Crippen LogP contribution in [0, 0.1) is 17.2 Å². The van der Waals surface area contributed by atoms with Gasteiger partial charge in [-0.2, -0.15) is 18.4 Å². The fraction of sp³-hybridized carbons (Fsp3) is 0.462. The molecule has 1 aromatic carbocycles. The van der Waals surface area contributed by atoms with Gasteiger partial charge in [0.15, 0.2) is 0 Å². The Balaban J connectivity index is 2.25. The molecular formula is C13H14F3N3O2S. The summed E-state index contributed by atoms with van der Waals surface area (Å²) in [5.41, 5.74) is 3.86. The Kier molecular flexibility index (Phi) is 4.47. The predicted octanol–water partition coefficient (Wildman–Crippen LogP) is 1.59. The van der Waals surface area contributed by atoms with E-state index in [0.29, 0.717) is 6.07 Å². The second kappa shape index (κ2) is 5.87. The molecule has 1 aliphatic rings. The minimum atomic E-state index is -4.80. The highest BCUT2D eigenvalue weighted by Crippen LogP contribution is 2.33. The maximum atomic E-state index is 12.8. The van der Waals surface area contributed by atoms with Crippen molar-refractivity contribution in [1.29, 1.82) is 5.26 Å². The predicted molar refractivity (Wildman–Crippen MR) is 72.0 cm³/mol. The number of nitrogens with one attached hydrogen (secondary N) is 1. The van der Waals surface area contributed by atoms with E-state index in [2.05, 4.69) is 4.72 Å². The Morgan fingerprint density at radius 1 is 1.41 bits per heavy atom. The summed E-state index contributed by atoms with van der Waals surface area (Å²) in [5.74, 6) is 0.259. The normalized spacial score (nSPS) is 17.0. The molecule has 1 fully saturated rings. The van der Waals surface area contributed by atoms with Gasteiger partial charge in [-0.3, -0.25) is 0 Å². The van der Waals surface area contributed by atoms with Crippen LogP contribution >= 0.6 is 0 Å². The van der Waals surface area contributed by atoms with Gasteiger partial charge in [0.25, 0.3) is 0 Å². The molecule has 0 bridgehead atoms. The zero-order chi connectivity index (χ0) is 16.5. The second-order valence-corrected chi connectivity index (χ2v) is 6.94. The summed E-state index contributed by atoms with van der Waals surface area (Å²) < 4.78 is 64.8. The van der Waals surface area contributed by atoms with Gasteiger partial charge < -0.3 is 5.73 Å². The molecule has 22 heavy (non-hydrogen) atoms. The Labute approximate surface area is 126 Å². The minimum Gasteiger partial charge on any atom is -0.326 e. The topological polar surface area (TPSA) is 96.0 Å². The van der Waals surface area contributed by atoms with Crippen LogP contribution in [0.1, 0.15) is 24.0 Å². The van der Waals surface area contributed by atoms with Gasteiger partial charge in [-0.1, -0.05) is 0 Å². The van der Waals surface area contributed by atoms with Crippen molar-refractivity contribution in [2.24, 2.45) is 11.7 Å². The van der Waals surface area contributed by atoms with Crippen molar-refractivity contribution in [2.45, 2.75) is 30.0 Å². The van der Waals surface area contributed by atoms with Gasteiger partial charge in [-0.25, -0.2) is 13.1 Å². The van der Waals surface area contributed by atoms with Crippen molar-refractivity contribution in [2.75, 3.05) is 6.54 Å². The van der Waals surface area contributed by atoms with Crippen molar-refractivity contribution in [3.05, 3.63) is 29.3 Å². The Hall–Kier alpha value is -1.63. The molecule has 1 unspecified atom stereocenters. The number of alkyl halides is 3. The molecule has 0 aromatic heterocycles. The van der Waals surface area contributed by atoms with E-state index in [-0.39, 0.29) is 18.5 Å². The minimum absolute atomic E-state index is 0.0334. The first kappa shape index (κ1) is 16.7. The van der Waals surface area contributed by atoms with Crippen molar-refractivity contribution in [3.8, 4) is 6.07 Å². The number of hydrogen-bond donors (Lipinski definition) is 2. The van der Waals surface area contributed by atoms with Crippen LogP contribution in [0.2, 0.25) is 0 Å². The maximum Gasteiger partial charge on any atom is 0.417 e. The lowest BCUT2D eigenvalue weighted by Crippen LogP contribution is -2.38. The molecule has 0 heterocycles. The van der Waals surface area contributed by atoms with Crippen LogP contribution in [-0.2, 0) is 16.2 Å². The molecule has 0 amide bonds. The number of sulfonamides is 1. The van der Waals surface area contributed by atoms with Gasteiger partial charge in [0.05, 0.1) is 22.1 Å². The molecule has 0 spiro atoms. The van der Waals surface area contributed by atoms with E-state index in [4.69, 9.17) is 11.0 Å². The Morgan fingerprint density at radius 3 is 2.55 bits per heavy atom. The Bertz CT molecular complexity index is 706. The fourth-order valence-corrected chi connectivity index (χ4v) is 3.10. The van der Waals surface area contributed by atoms with E-state index >= 15 is 0 Å². The number of halogens is 3. The smallest absolute Gasteiger partial charge is 0.326 e. The molecule has 0 radical (unpaired) electrons. The molecule has 120 valence electrons. The van der Waals surface area contributed by atoms with Gasteiger partial charge in [-0.15, -0.1) is 0 Å². The third-order valence-electron chi connectivity index (χ3n) is 3.46. The van der Waals surface area contributed by atoms with E-state index in [1.165, 1.54) is 6.07 Å². The van der Waals surface area contributed by atoms with E-state index in [1.54, 1.807) is 0 Å². The molecule has 9 heteroatoms. The average molecular weight is 333 g/mol. The third kappa shape index (κ3) is 3.76. The summed E-state index contributed by atoms with van der Waals surface area (Å²) in [4.78, 5) is -0.540. The first-order valence-corrected chi connectivity index (χ1v) is 8.00. The van der Waals surface area contributed by atoms with E-state index in [1.807, 2.05) is 0 Å². The van der Waals surface area contributed by atoms with E-state index < -0.39 is 32.2 Å². The molecule has 5 nitrogen and oxygen atoms in total. The van der Waals surface area contributed by atoms with Gasteiger partial charge in [0.1, 0.15) is 0 Å². The molecular weight excluding hydrogens is 319 g/mol. The molecule has 3 N–H and O–H groups in total. The molecule has 0 aliphatic heterocycles. The van der Waals surface area contributed by atoms with Gasteiger partial charge in [0.2, 0.25) is 10.0 Å². The summed E-state index contributed by atoms with van der Waals surface area (Å²) in [6, 6.07) is 3.33. The second-order valence-electron chi connectivity index (χ2n) is 5.17. The van der Waals surface area contributed by atoms with E-state index in [0.717, 1.165) is 25.0 Å². The Morgan fingerprint density at radius 2 is 2.05 bits per heavy atom. The molecule has 0 saturated heterocycles. The highest BCUT2D eigenvalue weighted by atomic mass is 32.2. The summed E-state index contributed by atoms with van der Waals surface area (Å²) >= 11 is 0. The van der Waals surface area contributed by atoms with E-state index in [9.17, 15) is 21.6 Å². The lowest BCUT2D eigenvalue weighted by Gasteiger charge is -2.14. The van der Waals surface area contributed by atoms with Crippen molar-refractivity contribution >= 4 is 10.0 Å². The number of nitrogens with zero attached hydrogens (tertiary/aromatic N) is 1. The summed E-state index contributed by atoms with van der Waals surface area (Å²) in [7, 11) is -4.11. The van der Waals surface area contributed by atoms with Crippen LogP contribution in [-0.4, -0.2) is 21.0 Å². The van der Waals surface area contributed by atoms with Crippen molar-refractivity contribution in [1.82, 2.24) is 4.72 Å². The largest absolute Gasteiger partial charge is 0.417 e. The lowest BCUT2D eigenvalue weighted by atomic mass is 10.1. The number of benzene rings is 1. The standard InChI is InChI=1S/C13H14F3N3O2S/c14-13(15,16)11-5-10(4-3-9(11)6-17)22(20,21)19-7-12(18)8-1-2-8/h3-5,8,12,19H,1-2,7,18H2. The molecule has 1 atom stereocenters. The van der Waals surface area contributed by atoms with Crippen LogP contribution in [0.5, 0.6) is 0 Å². The zero-order valence-electron chi connectivity index (χ0n) is 11.4. The number of rotatable bonds is 5. The van der Waals surface area contributed by atoms with Crippen LogP contribution in [0.15, 0.2) is 23.1 Å². The van der Waals surface area contributed by atoms with Crippen LogP contribution in [0.4, 0.5) is 13.2 Å². The van der Waals surface area contributed by atoms with Crippen molar-refractivity contribution < 1.29 is 21.6 Å². The SMILES string of the molecule is N#Cc1ccc(S(=O)(=O)NCC(N)C2CC2)cc1C(F)(F)F. The molecule has 1 aliphatic carbocycles. The number of hydrogen-bond acceptors (Lipinski definition) is 4. The maximum absolute atomic E-state index is 12.8. The van der Waals surface area contributed by atoms with Crippen LogP contribution in [0.3, 0.4) is 0 Å². The molecule has 1 saturated carbocycles. The summed E-state index contributed by atoms with van der Waals surface area (Å²) in [6.07, 6.45) is -2.95. The molecule has 2 rings (SSSR count). The summed E-state index contributed by atoms with van der Waals surface area (Å²) in [6.45, 7) is -0.0334. The van der Waals surface area contributed by atoms with Gasteiger partial charge in [0, 0.05) is 12.6 Å². The number of nitriles is 1. The van der Waals surface area contributed by atoms with Crippen LogP contribution < -0.4 is 10.5 Å². The zero-order valence-corrected chi connectivity index (χ0v) is 12.2. The van der Waals surface area contributed by atoms with Crippen LogP contribution in [0.25, 0.3) is 0 Å². The highest BCUT2D eigenvalue weighted by molar-refractivity contribution is 7.89. The van der Waals surface area contributed by atoms with Gasteiger partial charge >= 0.3 is 6.18 Å².